The fraction of sp³-hybridized carbons (Fsp3) is 1.00. The Morgan fingerprint density at radius 3 is 3.00 bits per heavy atom. The molecule has 2 unspecified atom stereocenters. The lowest BCUT2D eigenvalue weighted by atomic mass is 10.2. The zero-order chi connectivity index (χ0) is 11.1. The fourth-order valence-electron chi connectivity index (χ4n) is 1.80. The molecule has 1 heterocycles. The zero-order valence-corrected chi connectivity index (χ0v) is 9.82. The van der Waals surface area contributed by atoms with Gasteiger partial charge in [-0.3, -0.25) is 4.90 Å². The molecule has 4 nitrogen and oxygen atoms in total. The molecule has 1 rings (SSSR count). The molecule has 1 saturated heterocycles. The molecule has 0 aromatic heterocycles. The van der Waals surface area contributed by atoms with Gasteiger partial charge in [-0.05, 0) is 13.3 Å². The van der Waals surface area contributed by atoms with Gasteiger partial charge >= 0.3 is 0 Å². The van der Waals surface area contributed by atoms with Gasteiger partial charge in [-0.1, -0.05) is 6.92 Å². The molecule has 15 heavy (non-hydrogen) atoms. The first kappa shape index (κ1) is 12.9. The van der Waals surface area contributed by atoms with Gasteiger partial charge in [0.1, 0.15) is 0 Å². The first-order valence-corrected chi connectivity index (χ1v) is 5.86. The summed E-state index contributed by atoms with van der Waals surface area (Å²) in [7, 11) is 0. The van der Waals surface area contributed by atoms with E-state index in [1.54, 1.807) is 0 Å². The van der Waals surface area contributed by atoms with Gasteiger partial charge in [0.2, 0.25) is 0 Å². The SMILES string of the molecule is CCOCC(O)CN1CCOC(CC)C1. The quantitative estimate of drug-likeness (QED) is 0.703. The van der Waals surface area contributed by atoms with Crippen LogP contribution < -0.4 is 0 Å². The predicted molar refractivity (Wildman–Crippen MR) is 59.0 cm³/mol. The van der Waals surface area contributed by atoms with Crippen LogP contribution in [0.25, 0.3) is 0 Å². The van der Waals surface area contributed by atoms with Crippen molar-refractivity contribution in [1.29, 1.82) is 0 Å². The molecule has 1 aliphatic heterocycles. The summed E-state index contributed by atoms with van der Waals surface area (Å²) in [5, 5.41) is 9.68. The summed E-state index contributed by atoms with van der Waals surface area (Å²) in [4.78, 5) is 2.25. The molecule has 0 saturated carbocycles. The number of rotatable bonds is 6. The van der Waals surface area contributed by atoms with Crippen LogP contribution in [-0.4, -0.2) is 61.7 Å². The Morgan fingerprint density at radius 1 is 1.53 bits per heavy atom. The molecule has 1 aliphatic rings. The van der Waals surface area contributed by atoms with Gasteiger partial charge in [0.15, 0.2) is 0 Å². The average molecular weight is 217 g/mol. The van der Waals surface area contributed by atoms with Crippen LogP contribution in [-0.2, 0) is 9.47 Å². The number of hydrogen-bond donors (Lipinski definition) is 1. The summed E-state index contributed by atoms with van der Waals surface area (Å²) in [6.45, 7) is 8.49. The van der Waals surface area contributed by atoms with Gasteiger partial charge in [0.25, 0.3) is 0 Å². The molecular weight excluding hydrogens is 194 g/mol. The standard InChI is InChI=1S/C11H23NO3/c1-3-11-8-12(5-6-15-11)7-10(13)9-14-4-2/h10-11,13H,3-9H2,1-2H3. The monoisotopic (exact) mass is 217 g/mol. The molecule has 0 aromatic rings. The summed E-state index contributed by atoms with van der Waals surface area (Å²) >= 11 is 0. The summed E-state index contributed by atoms with van der Waals surface area (Å²) in [6.07, 6.45) is 0.997. The number of aliphatic hydroxyl groups excluding tert-OH is 1. The van der Waals surface area contributed by atoms with E-state index in [-0.39, 0.29) is 6.10 Å². The minimum atomic E-state index is -0.374. The third-order valence-electron chi connectivity index (χ3n) is 2.66. The minimum Gasteiger partial charge on any atom is -0.389 e. The maximum Gasteiger partial charge on any atom is 0.0900 e. The van der Waals surface area contributed by atoms with E-state index >= 15 is 0 Å². The van der Waals surface area contributed by atoms with Crippen molar-refractivity contribution in [3.05, 3.63) is 0 Å². The van der Waals surface area contributed by atoms with Crippen LogP contribution in [0.4, 0.5) is 0 Å². The van der Waals surface area contributed by atoms with Crippen molar-refractivity contribution in [1.82, 2.24) is 4.90 Å². The normalized spacial score (nSPS) is 25.4. The second-order valence-electron chi connectivity index (χ2n) is 3.97. The lowest BCUT2D eigenvalue weighted by Gasteiger charge is -2.33. The van der Waals surface area contributed by atoms with Crippen LogP contribution in [0.1, 0.15) is 20.3 Å². The van der Waals surface area contributed by atoms with Crippen LogP contribution in [0.3, 0.4) is 0 Å². The van der Waals surface area contributed by atoms with E-state index in [2.05, 4.69) is 11.8 Å². The predicted octanol–water partition coefficient (Wildman–Crippen LogP) is 0.495. The van der Waals surface area contributed by atoms with E-state index in [0.29, 0.717) is 25.9 Å². The summed E-state index contributed by atoms with van der Waals surface area (Å²) in [6, 6.07) is 0. The van der Waals surface area contributed by atoms with Crippen molar-refractivity contribution in [3.8, 4) is 0 Å². The van der Waals surface area contributed by atoms with Crippen molar-refractivity contribution in [2.75, 3.05) is 39.5 Å². The van der Waals surface area contributed by atoms with Crippen molar-refractivity contribution in [3.63, 3.8) is 0 Å². The maximum atomic E-state index is 9.68. The molecule has 0 aromatic carbocycles. The van der Waals surface area contributed by atoms with Gasteiger partial charge in [-0.15, -0.1) is 0 Å². The number of morpholine rings is 1. The molecule has 1 fully saturated rings. The molecule has 0 aliphatic carbocycles. The lowest BCUT2D eigenvalue weighted by Crippen LogP contribution is -2.46. The molecule has 0 amide bonds. The summed E-state index contributed by atoms with van der Waals surface area (Å²) < 4.78 is 10.7. The first-order chi connectivity index (χ1) is 7.26. The van der Waals surface area contributed by atoms with Crippen LogP contribution in [0, 0.1) is 0 Å². The van der Waals surface area contributed by atoms with Gasteiger partial charge < -0.3 is 14.6 Å². The third-order valence-corrected chi connectivity index (χ3v) is 2.66. The first-order valence-electron chi connectivity index (χ1n) is 5.86. The molecule has 2 atom stereocenters. The topological polar surface area (TPSA) is 41.9 Å². The van der Waals surface area contributed by atoms with E-state index in [4.69, 9.17) is 9.47 Å². The van der Waals surface area contributed by atoms with E-state index in [0.717, 1.165) is 26.1 Å². The third kappa shape index (κ3) is 4.93. The summed E-state index contributed by atoms with van der Waals surface area (Å²) in [5.41, 5.74) is 0. The highest BCUT2D eigenvalue weighted by Gasteiger charge is 2.20. The van der Waals surface area contributed by atoms with Crippen molar-refractivity contribution < 1.29 is 14.6 Å². The molecule has 90 valence electrons. The molecular formula is C11H23NO3. The number of aliphatic hydroxyl groups is 1. The average Bonchev–Trinajstić information content (AvgIpc) is 2.26. The van der Waals surface area contributed by atoms with Gasteiger partial charge in [0, 0.05) is 26.2 Å². The van der Waals surface area contributed by atoms with Crippen LogP contribution in [0.15, 0.2) is 0 Å². The number of ether oxygens (including phenoxy) is 2. The zero-order valence-electron chi connectivity index (χ0n) is 9.82. The highest BCUT2D eigenvalue weighted by Crippen LogP contribution is 2.08. The lowest BCUT2D eigenvalue weighted by molar-refractivity contribution is -0.0511. The number of hydrogen-bond acceptors (Lipinski definition) is 4. The van der Waals surface area contributed by atoms with E-state index in [1.165, 1.54) is 0 Å². The second-order valence-corrected chi connectivity index (χ2v) is 3.97. The van der Waals surface area contributed by atoms with Crippen molar-refractivity contribution >= 4 is 0 Å². The highest BCUT2D eigenvalue weighted by molar-refractivity contribution is 4.72. The van der Waals surface area contributed by atoms with Crippen LogP contribution in [0.2, 0.25) is 0 Å². The van der Waals surface area contributed by atoms with Gasteiger partial charge in [0.05, 0.1) is 25.4 Å². The molecule has 1 N–H and O–H groups in total. The Labute approximate surface area is 92.2 Å². The Balaban J connectivity index is 2.19. The van der Waals surface area contributed by atoms with Crippen LogP contribution in [0.5, 0.6) is 0 Å². The van der Waals surface area contributed by atoms with Gasteiger partial charge in [-0.2, -0.15) is 0 Å². The van der Waals surface area contributed by atoms with E-state index in [9.17, 15) is 5.11 Å². The molecule has 0 radical (unpaired) electrons. The van der Waals surface area contributed by atoms with E-state index in [1.807, 2.05) is 6.92 Å². The maximum absolute atomic E-state index is 9.68. The highest BCUT2D eigenvalue weighted by atomic mass is 16.5. The Morgan fingerprint density at radius 2 is 2.33 bits per heavy atom. The number of β-amino-alcohol motifs (C(OH)–C–C–N with tert-alkyl or cyclic N) is 1. The fourth-order valence-corrected chi connectivity index (χ4v) is 1.80. The van der Waals surface area contributed by atoms with Crippen LogP contribution >= 0.6 is 0 Å². The Kier molecular flexibility index (Phi) is 6.17. The number of nitrogens with zero attached hydrogens (tertiary/aromatic N) is 1. The smallest absolute Gasteiger partial charge is 0.0900 e. The Bertz CT molecular complexity index is 166. The van der Waals surface area contributed by atoms with Crippen molar-refractivity contribution in [2.24, 2.45) is 0 Å². The molecule has 4 heteroatoms. The second kappa shape index (κ2) is 7.17. The molecule has 0 bridgehead atoms. The largest absolute Gasteiger partial charge is 0.389 e. The molecule has 0 spiro atoms. The Hall–Kier alpha value is -0.160. The summed E-state index contributed by atoms with van der Waals surface area (Å²) in [5.74, 6) is 0. The van der Waals surface area contributed by atoms with Gasteiger partial charge in [-0.25, -0.2) is 0 Å². The minimum absolute atomic E-state index is 0.332. The van der Waals surface area contributed by atoms with Crippen molar-refractivity contribution in [2.45, 2.75) is 32.5 Å². The van der Waals surface area contributed by atoms with E-state index < -0.39 is 0 Å².